The molecular formula is C52H32N2OS. The number of hydrogen-bond donors (Lipinski definition) is 0. The second-order valence-electron chi connectivity index (χ2n) is 14.2. The molecule has 11 aromatic rings. The zero-order chi connectivity index (χ0) is 37.0. The zero-order valence-corrected chi connectivity index (χ0v) is 31.0. The average Bonchev–Trinajstić information content (AvgIpc) is 3.85. The minimum atomic E-state index is 0.689. The van der Waals surface area contributed by atoms with E-state index in [1.807, 2.05) is 47.7 Å². The molecule has 0 aliphatic carbocycles. The van der Waals surface area contributed by atoms with Crippen molar-refractivity contribution < 1.29 is 4.42 Å². The summed E-state index contributed by atoms with van der Waals surface area (Å²) >= 11 is 1.84. The number of nitrogens with zero attached hydrogens (tertiary/aromatic N) is 2. The Morgan fingerprint density at radius 3 is 1.73 bits per heavy atom. The number of para-hydroxylation sites is 1. The molecule has 0 aliphatic heterocycles. The molecule has 0 spiro atoms. The third-order valence-electron chi connectivity index (χ3n) is 10.7. The summed E-state index contributed by atoms with van der Waals surface area (Å²) in [6.07, 6.45) is 0. The smallest absolute Gasteiger partial charge is 0.160 e. The summed E-state index contributed by atoms with van der Waals surface area (Å²) in [5.41, 5.74) is 13.4. The third kappa shape index (κ3) is 5.67. The van der Waals surface area contributed by atoms with Gasteiger partial charge in [0.1, 0.15) is 11.2 Å². The molecule has 262 valence electrons. The van der Waals surface area contributed by atoms with Gasteiger partial charge >= 0.3 is 0 Å². The van der Waals surface area contributed by atoms with E-state index in [0.29, 0.717) is 5.82 Å². The predicted molar refractivity (Wildman–Crippen MR) is 235 cm³/mol. The molecular weight excluding hydrogens is 701 g/mol. The van der Waals surface area contributed by atoms with Gasteiger partial charge in [-0.3, -0.25) is 0 Å². The van der Waals surface area contributed by atoms with Gasteiger partial charge in [-0.05, 0) is 88.0 Å². The van der Waals surface area contributed by atoms with Crippen LogP contribution in [0, 0.1) is 0 Å². The summed E-state index contributed by atoms with van der Waals surface area (Å²) in [6.45, 7) is 0. The van der Waals surface area contributed by atoms with Crippen molar-refractivity contribution in [2.45, 2.75) is 0 Å². The van der Waals surface area contributed by atoms with Crippen LogP contribution in [0.25, 0.3) is 109 Å². The molecule has 0 fully saturated rings. The Labute approximate surface area is 327 Å². The van der Waals surface area contributed by atoms with Gasteiger partial charge in [0.05, 0.1) is 11.4 Å². The molecule has 11 rings (SSSR count). The Morgan fingerprint density at radius 2 is 0.929 bits per heavy atom. The van der Waals surface area contributed by atoms with Gasteiger partial charge in [0.2, 0.25) is 0 Å². The maximum absolute atomic E-state index is 6.21. The van der Waals surface area contributed by atoms with Gasteiger partial charge in [-0.1, -0.05) is 140 Å². The molecule has 4 heteroatoms. The molecule has 3 nitrogen and oxygen atoms in total. The normalized spacial score (nSPS) is 11.6. The van der Waals surface area contributed by atoms with Gasteiger partial charge in [-0.25, -0.2) is 9.97 Å². The number of rotatable bonds is 6. The molecule has 3 heterocycles. The molecule has 0 N–H and O–H groups in total. The highest BCUT2D eigenvalue weighted by Crippen LogP contribution is 2.40. The van der Waals surface area contributed by atoms with Crippen LogP contribution in [0.5, 0.6) is 0 Å². The molecule has 0 bridgehead atoms. The van der Waals surface area contributed by atoms with Crippen LogP contribution in [0.15, 0.2) is 199 Å². The first-order valence-corrected chi connectivity index (χ1v) is 19.6. The van der Waals surface area contributed by atoms with Gasteiger partial charge in [0.15, 0.2) is 5.82 Å². The minimum absolute atomic E-state index is 0.689. The maximum atomic E-state index is 6.21. The summed E-state index contributed by atoms with van der Waals surface area (Å²) in [4.78, 5) is 10.4. The van der Waals surface area contributed by atoms with Crippen molar-refractivity contribution in [3.8, 4) is 67.3 Å². The van der Waals surface area contributed by atoms with E-state index in [9.17, 15) is 0 Å². The van der Waals surface area contributed by atoms with Gasteiger partial charge in [0.25, 0.3) is 0 Å². The van der Waals surface area contributed by atoms with Gasteiger partial charge in [-0.15, -0.1) is 11.3 Å². The van der Waals surface area contributed by atoms with E-state index in [1.54, 1.807) is 0 Å². The third-order valence-corrected chi connectivity index (χ3v) is 11.9. The fourth-order valence-electron chi connectivity index (χ4n) is 7.94. The fraction of sp³-hybridized carbons (Fsp3) is 0. The first-order valence-electron chi connectivity index (χ1n) is 18.8. The molecule has 0 saturated heterocycles. The van der Waals surface area contributed by atoms with Crippen LogP contribution < -0.4 is 0 Å². The SMILES string of the molecule is c1ccc(-c2cc(-c3ccc4sc5ccccc5c4c3)cc(-c3cc(-c4ccc(-c5cccc6oc7ccccc7c56)cc4)nc(-c4ccccc4)n3)c2)cc1. The van der Waals surface area contributed by atoms with E-state index >= 15 is 0 Å². The average molecular weight is 733 g/mol. The second kappa shape index (κ2) is 13.3. The van der Waals surface area contributed by atoms with Crippen molar-refractivity contribution in [3.05, 3.63) is 194 Å². The summed E-state index contributed by atoms with van der Waals surface area (Å²) in [5, 5.41) is 4.83. The molecule has 0 amide bonds. The van der Waals surface area contributed by atoms with Crippen molar-refractivity contribution in [1.82, 2.24) is 9.97 Å². The Kier molecular flexibility index (Phi) is 7.68. The topological polar surface area (TPSA) is 38.9 Å². The van der Waals surface area contributed by atoms with E-state index in [4.69, 9.17) is 14.4 Å². The summed E-state index contributed by atoms with van der Waals surface area (Å²) < 4.78 is 8.81. The lowest BCUT2D eigenvalue weighted by Gasteiger charge is -2.14. The highest BCUT2D eigenvalue weighted by atomic mass is 32.1. The molecule has 0 saturated carbocycles. The van der Waals surface area contributed by atoms with E-state index < -0.39 is 0 Å². The zero-order valence-electron chi connectivity index (χ0n) is 30.2. The van der Waals surface area contributed by atoms with Crippen LogP contribution in [-0.4, -0.2) is 9.97 Å². The van der Waals surface area contributed by atoms with Crippen LogP contribution in [-0.2, 0) is 0 Å². The van der Waals surface area contributed by atoms with Crippen molar-refractivity contribution in [2.24, 2.45) is 0 Å². The summed E-state index contributed by atoms with van der Waals surface area (Å²) in [6, 6.07) is 68.6. The van der Waals surface area contributed by atoms with Gasteiger partial charge < -0.3 is 4.42 Å². The predicted octanol–water partition coefficient (Wildman–Crippen LogP) is 14.7. The number of fused-ring (bicyclic) bond motifs is 6. The molecule has 56 heavy (non-hydrogen) atoms. The van der Waals surface area contributed by atoms with Crippen molar-refractivity contribution in [2.75, 3.05) is 0 Å². The molecule has 0 aliphatic rings. The van der Waals surface area contributed by atoms with Crippen LogP contribution in [0.3, 0.4) is 0 Å². The van der Waals surface area contributed by atoms with Crippen LogP contribution in [0.4, 0.5) is 0 Å². The quantitative estimate of drug-likeness (QED) is 0.171. The molecule has 0 atom stereocenters. The lowest BCUT2D eigenvalue weighted by atomic mass is 9.93. The van der Waals surface area contributed by atoms with Gasteiger partial charge in [-0.2, -0.15) is 0 Å². The lowest BCUT2D eigenvalue weighted by Crippen LogP contribution is -1.96. The monoisotopic (exact) mass is 732 g/mol. The standard InChI is InChI=1S/C52H32N2OS/c1-3-12-33(13-4-1)38-28-39(37-26-27-50-44(31-37)42-16-8-10-21-49(42)56-50)30-40(29-38)46-32-45(53-52(54-46)36-14-5-2-6-15-36)35-24-22-34(23-25-35)41-18-11-20-48-51(41)43-17-7-9-19-47(43)55-48/h1-32H. The first kappa shape index (κ1) is 32.3. The number of furan rings is 1. The highest BCUT2D eigenvalue weighted by molar-refractivity contribution is 7.25. The second-order valence-corrected chi connectivity index (χ2v) is 15.2. The molecule has 3 aromatic heterocycles. The number of hydrogen-bond acceptors (Lipinski definition) is 4. The van der Waals surface area contributed by atoms with Gasteiger partial charge in [0, 0.05) is 47.6 Å². The van der Waals surface area contributed by atoms with Crippen molar-refractivity contribution in [3.63, 3.8) is 0 Å². The molecule has 0 unspecified atom stereocenters. The van der Waals surface area contributed by atoms with E-state index in [-0.39, 0.29) is 0 Å². The van der Waals surface area contributed by atoms with Crippen LogP contribution >= 0.6 is 11.3 Å². The Morgan fingerprint density at radius 1 is 0.339 bits per heavy atom. The van der Waals surface area contributed by atoms with E-state index in [2.05, 4.69) is 158 Å². The lowest BCUT2D eigenvalue weighted by molar-refractivity contribution is 0.669. The number of aromatic nitrogens is 2. The summed E-state index contributed by atoms with van der Waals surface area (Å²) in [7, 11) is 0. The number of benzene rings is 8. The van der Waals surface area contributed by atoms with E-state index in [1.165, 1.54) is 25.7 Å². The Bertz CT molecular complexity index is 3240. The van der Waals surface area contributed by atoms with Crippen molar-refractivity contribution in [1.29, 1.82) is 0 Å². The fourth-order valence-corrected chi connectivity index (χ4v) is 9.03. The largest absolute Gasteiger partial charge is 0.456 e. The highest BCUT2D eigenvalue weighted by Gasteiger charge is 2.16. The first-order chi connectivity index (χ1) is 27.7. The minimum Gasteiger partial charge on any atom is -0.456 e. The molecule has 8 aromatic carbocycles. The van der Waals surface area contributed by atoms with Crippen LogP contribution in [0.2, 0.25) is 0 Å². The Hall–Kier alpha value is -7.14. The summed E-state index contributed by atoms with van der Waals surface area (Å²) in [5.74, 6) is 0.689. The van der Waals surface area contributed by atoms with Crippen LogP contribution in [0.1, 0.15) is 0 Å². The Balaban J connectivity index is 1.07. The van der Waals surface area contributed by atoms with Crippen molar-refractivity contribution >= 4 is 53.4 Å². The maximum Gasteiger partial charge on any atom is 0.160 e. The van der Waals surface area contributed by atoms with E-state index in [0.717, 1.165) is 77.8 Å². The molecule has 0 radical (unpaired) electrons. The number of thiophene rings is 1.